The van der Waals surface area contributed by atoms with Gasteiger partial charge in [-0.25, -0.2) is 14.6 Å². The Bertz CT molecular complexity index is 430. The van der Waals surface area contributed by atoms with E-state index in [0.717, 1.165) is 5.56 Å². The van der Waals surface area contributed by atoms with Gasteiger partial charge in [0.05, 0.1) is 19.9 Å². The van der Waals surface area contributed by atoms with E-state index in [1.165, 1.54) is 14.2 Å². The van der Waals surface area contributed by atoms with Gasteiger partial charge in [-0.05, 0) is 19.1 Å². The lowest BCUT2D eigenvalue weighted by Gasteiger charge is -2.02. The largest absolute Gasteiger partial charge is 0.464 e. The highest BCUT2D eigenvalue weighted by atomic mass is 16.5. The second-order valence-electron chi connectivity index (χ2n) is 3.28. The van der Waals surface area contributed by atoms with Gasteiger partial charge in [-0.2, -0.15) is 0 Å². The predicted octanol–water partition coefficient (Wildman–Crippen LogP) is 1.41. The Morgan fingerprint density at radius 3 is 1.88 bits per heavy atom. The number of esters is 2. The van der Waals surface area contributed by atoms with Gasteiger partial charge in [0.25, 0.3) is 0 Å². The molecule has 0 aliphatic heterocycles. The molecule has 17 heavy (non-hydrogen) atoms. The topological polar surface area (TPSA) is 65.0 Å². The van der Waals surface area contributed by atoms with Crippen molar-refractivity contribution in [2.24, 2.45) is 4.99 Å². The van der Waals surface area contributed by atoms with Gasteiger partial charge in [0, 0.05) is 0 Å². The number of methoxy groups -OCH3 is 2. The van der Waals surface area contributed by atoms with E-state index in [0.29, 0.717) is 5.69 Å². The van der Waals surface area contributed by atoms with E-state index < -0.39 is 11.9 Å². The lowest BCUT2D eigenvalue weighted by atomic mass is 10.2. The molecule has 0 atom stereocenters. The van der Waals surface area contributed by atoms with Gasteiger partial charge < -0.3 is 9.47 Å². The normalized spacial score (nSPS) is 9.35. The number of hydrogen-bond acceptors (Lipinski definition) is 5. The summed E-state index contributed by atoms with van der Waals surface area (Å²) in [6.45, 7) is 1.93. The van der Waals surface area contributed by atoms with E-state index >= 15 is 0 Å². The van der Waals surface area contributed by atoms with E-state index in [2.05, 4.69) is 14.5 Å². The monoisotopic (exact) mass is 235 g/mol. The summed E-state index contributed by atoms with van der Waals surface area (Å²) in [5.41, 5.74) is 1.17. The minimum Gasteiger partial charge on any atom is -0.464 e. The number of hydrogen-bond donors (Lipinski definition) is 0. The van der Waals surface area contributed by atoms with Crippen molar-refractivity contribution in [2.45, 2.75) is 6.92 Å². The Labute approximate surface area is 99.1 Å². The highest BCUT2D eigenvalue weighted by molar-refractivity contribution is 6.62. The number of aryl methyl sites for hydroxylation is 1. The minimum absolute atomic E-state index is 0.376. The molecule has 0 spiro atoms. The van der Waals surface area contributed by atoms with Crippen molar-refractivity contribution in [3.63, 3.8) is 0 Å². The van der Waals surface area contributed by atoms with Crippen molar-refractivity contribution in [2.75, 3.05) is 14.2 Å². The summed E-state index contributed by atoms with van der Waals surface area (Å²) in [6.07, 6.45) is 0. The standard InChI is InChI=1S/C12H13NO4/c1-8-4-6-9(7-5-8)13-10(11(14)16-2)12(15)17-3/h4-7H,1-3H3. The van der Waals surface area contributed by atoms with Crippen LogP contribution in [0.25, 0.3) is 0 Å². The zero-order valence-corrected chi connectivity index (χ0v) is 9.89. The molecule has 5 nitrogen and oxygen atoms in total. The lowest BCUT2D eigenvalue weighted by molar-refractivity contribution is -0.138. The summed E-state index contributed by atoms with van der Waals surface area (Å²) in [4.78, 5) is 26.6. The summed E-state index contributed by atoms with van der Waals surface area (Å²) in [5, 5.41) is 0. The van der Waals surface area contributed by atoms with E-state index in [1.54, 1.807) is 12.1 Å². The van der Waals surface area contributed by atoms with Gasteiger partial charge in [0.1, 0.15) is 0 Å². The highest BCUT2D eigenvalue weighted by Crippen LogP contribution is 2.13. The third-order valence-electron chi connectivity index (χ3n) is 2.03. The average Bonchev–Trinajstić information content (AvgIpc) is 2.36. The molecule has 5 heteroatoms. The Morgan fingerprint density at radius 2 is 1.47 bits per heavy atom. The zero-order valence-electron chi connectivity index (χ0n) is 9.89. The third kappa shape index (κ3) is 3.41. The summed E-state index contributed by atoms with van der Waals surface area (Å²) in [6, 6.07) is 7.04. The maximum Gasteiger partial charge on any atom is 0.364 e. The number of carbonyl (C=O) groups excluding carboxylic acids is 2. The van der Waals surface area contributed by atoms with Gasteiger partial charge >= 0.3 is 11.9 Å². The number of ether oxygens (including phenoxy) is 2. The van der Waals surface area contributed by atoms with Crippen LogP contribution in [0.1, 0.15) is 5.56 Å². The van der Waals surface area contributed by atoms with Crippen LogP contribution in [0.4, 0.5) is 5.69 Å². The Kier molecular flexibility index (Phi) is 4.39. The predicted molar refractivity (Wildman–Crippen MR) is 62.3 cm³/mol. The fraction of sp³-hybridized carbons (Fsp3) is 0.250. The molecule has 0 radical (unpaired) electrons. The zero-order chi connectivity index (χ0) is 12.8. The molecule has 90 valence electrons. The van der Waals surface area contributed by atoms with Crippen LogP contribution in [0.3, 0.4) is 0 Å². The summed E-state index contributed by atoms with van der Waals surface area (Å²) in [7, 11) is 2.35. The molecule has 1 rings (SSSR count). The van der Waals surface area contributed by atoms with Gasteiger partial charge in [-0.15, -0.1) is 0 Å². The van der Waals surface area contributed by atoms with Crippen molar-refractivity contribution >= 4 is 23.3 Å². The van der Waals surface area contributed by atoms with Gasteiger partial charge in [0.15, 0.2) is 0 Å². The quantitative estimate of drug-likeness (QED) is 0.451. The van der Waals surface area contributed by atoms with Crippen molar-refractivity contribution in [1.82, 2.24) is 0 Å². The number of benzene rings is 1. The van der Waals surface area contributed by atoms with Crippen LogP contribution in [0.15, 0.2) is 29.3 Å². The van der Waals surface area contributed by atoms with Crippen LogP contribution >= 0.6 is 0 Å². The van der Waals surface area contributed by atoms with Crippen molar-refractivity contribution in [3.05, 3.63) is 29.8 Å². The first-order valence-electron chi connectivity index (χ1n) is 4.90. The molecule has 1 aromatic rings. The van der Waals surface area contributed by atoms with Gasteiger partial charge in [-0.1, -0.05) is 17.7 Å². The van der Waals surface area contributed by atoms with Crippen LogP contribution in [-0.4, -0.2) is 31.9 Å². The summed E-state index contributed by atoms with van der Waals surface area (Å²) < 4.78 is 8.92. The molecule has 0 fully saturated rings. The Morgan fingerprint density at radius 1 is 1.00 bits per heavy atom. The lowest BCUT2D eigenvalue weighted by Crippen LogP contribution is -2.26. The van der Waals surface area contributed by atoms with Crippen LogP contribution in [0.5, 0.6) is 0 Å². The minimum atomic E-state index is -0.822. The van der Waals surface area contributed by atoms with E-state index in [4.69, 9.17) is 0 Å². The molecule has 0 saturated heterocycles. The van der Waals surface area contributed by atoms with E-state index in [9.17, 15) is 9.59 Å². The maximum absolute atomic E-state index is 11.3. The Hall–Kier alpha value is -2.17. The second-order valence-corrected chi connectivity index (χ2v) is 3.28. The number of rotatable bonds is 3. The molecule has 0 heterocycles. The molecule has 0 aromatic heterocycles. The molecule has 0 amide bonds. The maximum atomic E-state index is 11.3. The first-order chi connectivity index (χ1) is 8.08. The first kappa shape index (κ1) is 12.9. The molecule has 0 saturated carbocycles. The van der Waals surface area contributed by atoms with Crippen LogP contribution in [0.2, 0.25) is 0 Å². The highest BCUT2D eigenvalue weighted by Gasteiger charge is 2.21. The fourth-order valence-electron chi connectivity index (χ4n) is 1.12. The fourth-order valence-corrected chi connectivity index (χ4v) is 1.12. The number of nitrogens with zero attached hydrogens (tertiary/aromatic N) is 1. The van der Waals surface area contributed by atoms with Crippen LogP contribution in [0, 0.1) is 6.92 Å². The molecule has 0 N–H and O–H groups in total. The SMILES string of the molecule is COC(=O)C(=Nc1ccc(C)cc1)C(=O)OC. The number of carbonyl (C=O) groups is 2. The van der Waals surface area contributed by atoms with Crippen LogP contribution < -0.4 is 0 Å². The summed E-state index contributed by atoms with van der Waals surface area (Å²) in [5.74, 6) is -1.64. The third-order valence-corrected chi connectivity index (χ3v) is 2.03. The molecular weight excluding hydrogens is 222 g/mol. The number of aliphatic imine (C=N–C) groups is 1. The average molecular weight is 235 g/mol. The second kappa shape index (κ2) is 5.79. The molecule has 0 aliphatic carbocycles. The molecule has 0 aliphatic rings. The van der Waals surface area contributed by atoms with Crippen molar-refractivity contribution < 1.29 is 19.1 Å². The molecule has 0 unspecified atom stereocenters. The molecule has 0 bridgehead atoms. The van der Waals surface area contributed by atoms with E-state index in [-0.39, 0.29) is 5.71 Å². The van der Waals surface area contributed by atoms with Gasteiger partial charge in [0.2, 0.25) is 5.71 Å². The Balaban J connectivity index is 3.09. The van der Waals surface area contributed by atoms with Crippen molar-refractivity contribution in [1.29, 1.82) is 0 Å². The summed E-state index contributed by atoms with van der Waals surface area (Å²) >= 11 is 0. The van der Waals surface area contributed by atoms with Gasteiger partial charge in [-0.3, -0.25) is 0 Å². The molecule has 1 aromatic carbocycles. The molecular formula is C12H13NO4. The smallest absolute Gasteiger partial charge is 0.364 e. The first-order valence-corrected chi connectivity index (χ1v) is 4.90. The van der Waals surface area contributed by atoms with Crippen molar-refractivity contribution in [3.8, 4) is 0 Å². The van der Waals surface area contributed by atoms with E-state index in [1.807, 2.05) is 19.1 Å². The van der Waals surface area contributed by atoms with Crippen LogP contribution in [-0.2, 0) is 19.1 Å².